The zero-order chi connectivity index (χ0) is 10.7. The summed E-state index contributed by atoms with van der Waals surface area (Å²) in [5.74, 6) is -2.10. The average molecular weight is 199 g/mol. The second kappa shape index (κ2) is 4.17. The molecule has 1 rings (SSSR count). The molecule has 4 N–H and O–H groups in total. The summed E-state index contributed by atoms with van der Waals surface area (Å²) in [6.07, 6.45) is -1.80. The highest BCUT2D eigenvalue weighted by Gasteiger charge is 2.25. The Balaban J connectivity index is 2.94. The number of carboxylic acid groups (broad SMARTS) is 1. The second-order valence-electron chi connectivity index (χ2n) is 2.83. The summed E-state index contributed by atoms with van der Waals surface area (Å²) >= 11 is 0. The molecule has 14 heavy (non-hydrogen) atoms. The standard InChI is InChI=1S/C9H10FNO3/c10-6-4-2-1-3-5(6)7(11)8(12)9(13)14/h1-4,7-8,12H,11H2,(H,13,14). The summed E-state index contributed by atoms with van der Waals surface area (Å²) in [6.45, 7) is 0. The van der Waals surface area contributed by atoms with Gasteiger partial charge in [0.05, 0.1) is 6.04 Å². The van der Waals surface area contributed by atoms with Crippen molar-refractivity contribution in [1.82, 2.24) is 0 Å². The van der Waals surface area contributed by atoms with E-state index in [9.17, 15) is 9.18 Å². The van der Waals surface area contributed by atoms with Gasteiger partial charge in [0.25, 0.3) is 0 Å². The highest BCUT2D eigenvalue weighted by Crippen LogP contribution is 2.17. The summed E-state index contributed by atoms with van der Waals surface area (Å²) in [4.78, 5) is 10.4. The zero-order valence-corrected chi connectivity index (χ0v) is 7.22. The number of rotatable bonds is 3. The number of carbonyl (C=O) groups is 1. The number of halogens is 1. The van der Waals surface area contributed by atoms with Crippen molar-refractivity contribution in [2.24, 2.45) is 5.73 Å². The Bertz CT molecular complexity index is 343. The Morgan fingerprint density at radius 1 is 1.43 bits per heavy atom. The molecule has 1 aromatic carbocycles. The molecular formula is C9H10FNO3. The maximum Gasteiger partial charge on any atom is 0.334 e. The van der Waals surface area contributed by atoms with Crippen LogP contribution in [0, 0.1) is 5.82 Å². The molecule has 0 heterocycles. The van der Waals surface area contributed by atoms with Gasteiger partial charge in [0.1, 0.15) is 5.82 Å². The van der Waals surface area contributed by atoms with Crippen LogP contribution in [-0.2, 0) is 4.79 Å². The van der Waals surface area contributed by atoms with Crippen molar-refractivity contribution >= 4 is 5.97 Å². The van der Waals surface area contributed by atoms with Crippen LogP contribution in [-0.4, -0.2) is 22.3 Å². The Labute approximate surface area is 79.8 Å². The van der Waals surface area contributed by atoms with Crippen molar-refractivity contribution in [3.63, 3.8) is 0 Å². The summed E-state index contributed by atoms with van der Waals surface area (Å²) in [6, 6.07) is 4.22. The summed E-state index contributed by atoms with van der Waals surface area (Å²) < 4.78 is 13.1. The Hall–Kier alpha value is -1.46. The first-order valence-electron chi connectivity index (χ1n) is 3.95. The number of carboxylic acids is 1. The molecule has 76 valence electrons. The first-order valence-corrected chi connectivity index (χ1v) is 3.95. The molecule has 0 aliphatic heterocycles. The van der Waals surface area contributed by atoms with Crippen molar-refractivity contribution in [2.45, 2.75) is 12.1 Å². The lowest BCUT2D eigenvalue weighted by atomic mass is 10.0. The van der Waals surface area contributed by atoms with Gasteiger partial charge in [0.15, 0.2) is 6.10 Å². The lowest BCUT2D eigenvalue weighted by Gasteiger charge is -2.15. The maximum atomic E-state index is 13.1. The van der Waals surface area contributed by atoms with Crippen molar-refractivity contribution in [3.8, 4) is 0 Å². The topological polar surface area (TPSA) is 83.5 Å². The van der Waals surface area contributed by atoms with E-state index in [1.54, 1.807) is 0 Å². The SMILES string of the molecule is NC(c1ccccc1F)C(O)C(=O)O. The van der Waals surface area contributed by atoms with E-state index in [-0.39, 0.29) is 5.56 Å². The molecule has 2 unspecified atom stereocenters. The highest BCUT2D eigenvalue weighted by atomic mass is 19.1. The van der Waals surface area contributed by atoms with Gasteiger partial charge in [-0.25, -0.2) is 9.18 Å². The predicted octanol–water partition coefficient (Wildman–Crippen LogP) is 0.271. The zero-order valence-electron chi connectivity index (χ0n) is 7.22. The Morgan fingerprint density at radius 2 is 2.00 bits per heavy atom. The van der Waals surface area contributed by atoms with E-state index in [0.29, 0.717) is 0 Å². The van der Waals surface area contributed by atoms with Gasteiger partial charge >= 0.3 is 5.97 Å². The first-order chi connectivity index (χ1) is 6.54. The van der Waals surface area contributed by atoms with Crippen LogP contribution < -0.4 is 5.73 Å². The average Bonchev–Trinajstić information content (AvgIpc) is 2.16. The summed E-state index contributed by atoms with van der Waals surface area (Å²) in [5.41, 5.74) is 5.36. The summed E-state index contributed by atoms with van der Waals surface area (Å²) in [5, 5.41) is 17.5. The third kappa shape index (κ3) is 2.07. The molecule has 0 aliphatic rings. The van der Waals surface area contributed by atoms with Gasteiger partial charge in [-0.05, 0) is 6.07 Å². The number of aliphatic hydroxyl groups excluding tert-OH is 1. The molecule has 0 spiro atoms. The van der Waals surface area contributed by atoms with Crippen LogP contribution in [0.3, 0.4) is 0 Å². The van der Waals surface area contributed by atoms with Gasteiger partial charge in [-0.15, -0.1) is 0 Å². The predicted molar refractivity (Wildman–Crippen MR) is 47.0 cm³/mol. The van der Waals surface area contributed by atoms with Crippen LogP contribution in [0.25, 0.3) is 0 Å². The molecule has 5 heteroatoms. The van der Waals surface area contributed by atoms with Crippen LogP contribution in [0.4, 0.5) is 4.39 Å². The molecule has 2 atom stereocenters. The van der Waals surface area contributed by atoms with E-state index >= 15 is 0 Å². The van der Waals surface area contributed by atoms with Gasteiger partial charge in [-0.2, -0.15) is 0 Å². The van der Waals surface area contributed by atoms with Crippen molar-refractivity contribution in [2.75, 3.05) is 0 Å². The van der Waals surface area contributed by atoms with E-state index in [1.165, 1.54) is 18.2 Å². The molecule has 0 bridgehead atoms. The van der Waals surface area contributed by atoms with Crippen LogP contribution in [0.2, 0.25) is 0 Å². The fourth-order valence-electron chi connectivity index (χ4n) is 1.07. The molecule has 0 fully saturated rings. The molecule has 1 aromatic rings. The number of aliphatic carboxylic acids is 1. The minimum Gasteiger partial charge on any atom is -0.479 e. The number of aliphatic hydroxyl groups is 1. The fraction of sp³-hybridized carbons (Fsp3) is 0.222. The van der Waals surface area contributed by atoms with Crippen molar-refractivity contribution < 1.29 is 19.4 Å². The normalized spacial score (nSPS) is 14.8. The smallest absolute Gasteiger partial charge is 0.334 e. The van der Waals surface area contributed by atoms with E-state index in [4.69, 9.17) is 15.9 Å². The van der Waals surface area contributed by atoms with Crippen LogP contribution in [0.1, 0.15) is 11.6 Å². The number of nitrogens with two attached hydrogens (primary N) is 1. The third-order valence-electron chi connectivity index (χ3n) is 1.86. The molecule has 0 aromatic heterocycles. The maximum absolute atomic E-state index is 13.1. The van der Waals surface area contributed by atoms with Crippen molar-refractivity contribution in [1.29, 1.82) is 0 Å². The summed E-state index contributed by atoms with van der Waals surface area (Å²) in [7, 11) is 0. The van der Waals surface area contributed by atoms with Gasteiger partial charge in [0, 0.05) is 5.56 Å². The number of hydrogen-bond donors (Lipinski definition) is 3. The molecular weight excluding hydrogens is 189 g/mol. The Kier molecular flexibility index (Phi) is 3.16. The van der Waals surface area contributed by atoms with Gasteiger partial charge in [-0.3, -0.25) is 0 Å². The van der Waals surface area contributed by atoms with Crippen LogP contribution in [0.15, 0.2) is 24.3 Å². The van der Waals surface area contributed by atoms with E-state index in [1.807, 2.05) is 0 Å². The lowest BCUT2D eigenvalue weighted by Crippen LogP contribution is -2.33. The second-order valence-corrected chi connectivity index (χ2v) is 2.83. The van der Waals surface area contributed by atoms with Gasteiger partial charge < -0.3 is 15.9 Å². The van der Waals surface area contributed by atoms with E-state index in [2.05, 4.69) is 0 Å². The van der Waals surface area contributed by atoms with Crippen molar-refractivity contribution in [3.05, 3.63) is 35.6 Å². The quantitative estimate of drug-likeness (QED) is 0.652. The molecule has 0 saturated carbocycles. The molecule has 0 aliphatic carbocycles. The van der Waals surface area contributed by atoms with Crippen LogP contribution >= 0.6 is 0 Å². The minimum atomic E-state index is -1.80. The van der Waals surface area contributed by atoms with Gasteiger partial charge in [-0.1, -0.05) is 18.2 Å². The fourth-order valence-corrected chi connectivity index (χ4v) is 1.07. The monoisotopic (exact) mass is 199 g/mol. The Morgan fingerprint density at radius 3 is 2.50 bits per heavy atom. The lowest BCUT2D eigenvalue weighted by molar-refractivity contribution is -0.147. The molecule has 0 radical (unpaired) electrons. The molecule has 0 saturated heterocycles. The highest BCUT2D eigenvalue weighted by molar-refractivity contribution is 5.73. The number of hydrogen-bond acceptors (Lipinski definition) is 3. The van der Waals surface area contributed by atoms with Gasteiger partial charge in [0.2, 0.25) is 0 Å². The number of benzene rings is 1. The van der Waals surface area contributed by atoms with E-state index < -0.39 is 23.9 Å². The first kappa shape index (κ1) is 10.6. The van der Waals surface area contributed by atoms with Crippen LogP contribution in [0.5, 0.6) is 0 Å². The van der Waals surface area contributed by atoms with E-state index in [0.717, 1.165) is 6.07 Å². The largest absolute Gasteiger partial charge is 0.479 e. The molecule has 4 nitrogen and oxygen atoms in total. The minimum absolute atomic E-state index is 0.0117. The molecule has 0 amide bonds. The third-order valence-corrected chi connectivity index (χ3v) is 1.86.